The molecule has 0 spiro atoms. The summed E-state index contributed by atoms with van der Waals surface area (Å²) in [7, 11) is 0. The van der Waals surface area contributed by atoms with Gasteiger partial charge in [-0.25, -0.2) is 5.43 Å². The zero-order valence-electron chi connectivity index (χ0n) is 8.41. The van der Waals surface area contributed by atoms with Gasteiger partial charge < -0.3 is 5.32 Å². The Morgan fingerprint density at radius 1 is 1.73 bits per heavy atom. The summed E-state index contributed by atoms with van der Waals surface area (Å²) in [5.41, 5.74) is 2.54. The number of hydrogen-bond acceptors (Lipinski definition) is 4. The fourth-order valence-electron chi connectivity index (χ4n) is 1.03. The number of nitrogens with one attached hydrogen (secondary N) is 2. The van der Waals surface area contributed by atoms with E-state index in [4.69, 9.17) is 5.26 Å². The van der Waals surface area contributed by atoms with E-state index >= 15 is 0 Å². The maximum atomic E-state index is 11.4. The molecule has 0 radical (unpaired) electrons. The minimum absolute atomic E-state index is 0.183. The Labute approximate surface area is 87.3 Å². The normalized spacial score (nSPS) is 17.1. The number of nitrogens with zero attached hydrogens (tertiary/aromatic N) is 2. The van der Waals surface area contributed by atoms with Crippen LogP contribution in [-0.2, 0) is 9.59 Å². The lowest BCUT2D eigenvalue weighted by molar-refractivity contribution is -0.121. The topological polar surface area (TPSA) is 94.3 Å². The largest absolute Gasteiger partial charge is 0.350 e. The second-order valence-corrected chi connectivity index (χ2v) is 3.33. The molecule has 6 nitrogen and oxygen atoms in total. The Bertz CT molecular complexity index is 343. The molecule has 2 N–H and O–H groups in total. The van der Waals surface area contributed by atoms with Crippen LogP contribution in [0, 0.1) is 17.2 Å². The Morgan fingerprint density at radius 2 is 2.47 bits per heavy atom. The maximum absolute atomic E-state index is 11.4. The highest BCUT2D eigenvalue weighted by atomic mass is 16.2. The maximum Gasteiger partial charge on any atom is 0.267 e. The van der Waals surface area contributed by atoms with Crippen molar-refractivity contribution >= 4 is 17.5 Å². The van der Waals surface area contributed by atoms with E-state index in [2.05, 4.69) is 15.8 Å². The predicted octanol–water partition coefficient (Wildman–Crippen LogP) is -0.472. The van der Waals surface area contributed by atoms with E-state index in [9.17, 15) is 9.59 Å². The first-order valence-electron chi connectivity index (χ1n) is 4.66. The molecule has 80 valence electrons. The van der Waals surface area contributed by atoms with Gasteiger partial charge in [-0.15, -0.1) is 0 Å². The standard InChI is InChI=1S/C9H12N4O2/c1-6(4-10)5-11-9(15)7-2-3-8(14)13-12-7/h6H,2-3,5H2,1H3,(H,11,15)(H,13,14). The Morgan fingerprint density at radius 3 is 3.00 bits per heavy atom. The van der Waals surface area contributed by atoms with Crippen molar-refractivity contribution in [3.8, 4) is 6.07 Å². The van der Waals surface area contributed by atoms with E-state index < -0.39 is 0 Å². The lowest BCUT2D eigenvalue weighted by Crippen LogP contribution is -2.38. The first-order chi connectivity index (χ1) is 7.13. The number of carbonyl (C=O) groups is 2. The molecule has 0 aliphatic carbocycles. The molecule has 0 bridgehead atoms. The summed E-state index contributed by atoms with van der Waals surface area (Å²) < 4.78 is 0. The van der Waals surface area contributed by atoms with Crippen LogP contribution in [0.15, 0.2) is 5.10 Å². The van der Waals surface area contributed by atoms with Gasteiger partial charge in [0.2, 0.25) is 5.91 Å². The lowest BCUT2D eigenvalue weighted by atomic mass is 10.1. The molecule has 1 rings (SSSR count). The highest BCUT2D eigenvalue weighted by Crippen LogP contribution is 1.99. The van der Waals surface area contributed by atoms with Crippen LogP contribution in [0.3, 0.4) is 0 Å². The number of hydrogen-bond donors (Lipinski definition) is 2. The van der Waals surface area contributed by atoms with Crippen molar-refractivity contribution in [3.63, 3.8) is 0 Å². The summed E-state index contributed by atoms with van der Waals surface area (Å²) >= 11 is 0. The molecular formula is C9H12N4O2. The number of nitriles is 1. The summed E-state index contributed by atoms with van der Waals surface area (Å²) in [6.45, 7) is 2.01. The van der Waals surface area contributed by atoms with Crippen LogP contribution in [-0.4, -0.2) is 24.1 Å². The SMILES string of the molecule is CC(C#N)CNC(=O)C1=NNC(=O)CC1. The third-order valence-electron chi connectivity index (χ3n) is 1.96. The van der Waals surface area contributed by atoms with E-state index in [-0.39, 0.29) is 24.2 Å². The minimum atomic E-state index is -0.322. The van der Waals surface area contributed by atoms with Crippen molar-refractivity contribution in [2.75, 3.05) is 6.54 Å². The third kappa shape index (κ3) is 3.38. The molecule has 0 aromatic carbocycles. The zero-order chi connectivity index (χ0) is 11.3. The van der Waals surface area contributed by atoms with Crippen molar-refractivity contribution < 1.29 is 9.59 Å². The van der Waals surface area contributed by atoms with Gasteiger partial charge in [0.15, 0.2) is 0 Å². The van der Waals surface area contributed by atoms with Gasteiger partial charge in [-0.1, -0.05) is 0 Å². The molecule has 0 aromatic heterocycles. The Kier molecular flexibility index (Phi) is 3.80. The molecule has 1 atom stereocenters. The van der Waals surface area contributed by atoms with Gasteiger partial charge in [-0.05, 0) is 6.92 Å². The van der Waals surface area contributed by atoms with Crippen molar-refractivity contribution in [2.24, 2.45) is 11.0 Å². The number of carbonyl (C=O) groups excluding carboxylic acids is 2. The molecule has 6 heteroatoms. The quantitative estimate of drug-likeness (QED) is 0.656. The molecule has 2 amide bonds. The van der Waals surface area contributed by atoms with Gasteiger partial charge in [0.1, 0.15) is 5.71 Å². The minimum Gasteiger partial charge on any atom is -0.350 e. The van der Waals surface area contributed by atoms with E-state index in [1.165, 1.54) is 0 Å². The molecule has 1 aliphatic heterocycles. The molecule has 15 heavy (non-hydrogen) atoms. The molecule has 1 heterocycles. The van der Waals surface area contributed by atoms with Gasteiger partial charge in [0, 0.05) is 19.4 Å². The van der Waals surface area contributed by atoms with Crippen LogP contribution < -0.4 is 10.7 Å². The Balaban J connectivity index is 2.41. The van der Waals surface area contributed by atoms with E-state index in [0.717, 1.165) is 0 Å². The van der Waals surface area contributed by atoms with Crippen molar-refractivity contribution in [3.05, 3.63) is 0 Å². The summed E-state index contributed by atoms with van der Waals surface area (Å²) in [6.07, 6.45) is 0.624. The number of amides is 2. The van der Waals surface area contributed by atoms with Gasteiger partial charge in [-0.3, -0.25) is 9.59 Å². The number of rotatable bonds is 3. The second kappa shape index (κ2) is 5.10. The van der Waals surface area contributed by atoms with E-state index in [1.54, 1.807) is 6.92 Å². The molecule has 1 unspecified atom stereocenters. The highest BCUT2D eigenvalue weighted by Gasteiger charge is 2.18. The van der Waals surface area contributed by atoms with Crippen LogP contribution >= 0.6 is 0 Å². The Hall–Kier alpha value is -1.90. The molecule has 1 aliphatic rings. The molecule has 0 saturated carbocycles. The van der Waals surface area contributed by atoms with E-state index in [1.807, 2.05) is 6.07 Å². The van der Waals surface area contributed by atoms with Gasteiger partial charge >= 0.3 is 0 Å². The number of hydrazone groups is 1. The summed E-state index contributed by atoms with van der Waals surface area (Å²) in [6, 6.07) is 2.01. The van der Waals surface area contributed by atoms with Crippen LogP contribution in [0.25, 0.3) is 0 Å². The lowest BCUT2D eigenvalue weighted by Gasteiger charge is -2.12. The zero-order valence-corrected chi connectivity index (χ0v) is 8.41. The third-order valence-corrected chi connectivity index (χ3v) is 1.96. The summed E-state index contributed by atoms with van der Waals surface area (Å²) in [4.78, 5) is 22.2. The van der Waals surface area contributed by atoms with Gasteiger partial charge in [-0.2, -0.15) is 10.4 Å². The van der Waals surface area contributed by atoms with Crippen molar-refractivity contribution in [2.45, 2.75) is 19.8 Å². The summed E-state index contributed by atoms with van der Waals surface area (Å²) in [5, 5.41) is 14.7. The monoisotopic (exact) mass is 208 g/mol. The van der Waals surface area contributed by atoms with Gasteiger partial charge in [0.05, 0.1) is 12.0 Å². The van der Waals surface area contributed by atoms with E-state index in [0.29, 0.717) is 18.7 Å². The van der Waals surface area contributed by atoms with Crippen LogP contribution in [0.2, 0.25) is 0 Å². The van der Waals surface area contributed by atoms with Crippen LogP contribution in [0.1, 0.15) is 19.8 Å². The second-order valence-electron chi connectivity index (χ2n) is 3.33. The molecular weight excluding hydrogens is 196 g/mol. The first kappa shape index (κ1) is 11.2. The fraction of sp³-hybridized carbons (Fsp3) is 0.556. The van der Waals surface area contributed by atoms with Crippen molar-refractivity contribution in [1.29, 1.82) is 5.26 Å². The average Bonchev–Trinajstić information content (AvgIpc) is 2.26. The van der Waals surface area contributed by atoms with Crippen LogP contribution in [0.5, 0.6) is 0 Å². The van der Waals surface area contributed by atoms with Gasteiger partial charge in [0.25, 0.3) is 5.91 Å². The van der Waals surface area contributed by atoms with Crippen LogP contribution in [0.4, 0.5) is 0 Å². The molecule has 0 fully saturated rings. The smallest absolute Gasteiger partial charge is 0.267 e. The predicted molar refractivity (Wildman–Crippen MR) is 52.6 cm³/mol. The molecule has 0 saturated heterocycles. The highest BCUT2D eigenvalue weighted by molar-refractivity contribution is 6.39. The first-order valence-corrected chi connectivity index (χ1v) is 4.66. The average molecular weight is 208 g/mol. The molecule has 0 aromatic rings. The fourth-order valence-corrected chi connectivity index (χ4v) is 1.03. The van der Waals surface area contributed by atoms with Crippen molar-refractivity contribution in [1.82, 2.24) is 10.7 Å². The summed E-state index contributed by atoms with van der Waals surface area (Å²) in [5.74, 6) is -0.734.